The predicted molar refractivity (Wildman–Crippen MR) is 181 cm³/mol. The van der Waals surface area contributed by atoms with Gasteiger partial charge >= 0.3 is 12.1 Å². The van der Waals surface area contributed by atoms with Crippen LogP contribution >= 0.6 is 22.9 Å². The predicted octanol–water partition coefficient (Wildman–Crippen LogP) is 7.61. The number of carboxylic acid groups (broad SMARTS) is 1. The van der Waals surface area contributed by atoms with Crippen LogP contribution < -0.4 is 9.44 Å². The number of anilines is 1. The van der Waals surface area contributed by atoms with E-state index >= 15 is 0 Å². The number of pyridine rings is 1. The molecule has 1 amide bonds. The van der Waals surface area contributed by atoms with Crippen molar-refractivity contribution in [3.8, 4) is 21.6 Å². The van der Waals surface area contributed by atoms with Crippen molar-refractivity contribution in [3.05, 3.63) is 58.7 Å². The van der Waals surface area contributed by atoms with Crippen molar-refractivity contribution in [1.82, 2.24) is 14.6 Å². The summed E-state index contributed by atoms with van der Waals surface area (Å²) >= 11 is 8.02. The van der Waals surface area contributed by atoms with Crippen LogP contribution in [0.2, 0.25) is 5.02 Å². The molecule has 0 aliphatic heterocycles. The van der Waals surface area contributed by atoms with Crippen molar-refractivity contribution in [2.45, 2.75) is 79.5 Å². The van der Waals surface area contributed by atoms with Gasteiger partial charge in [-0.05, 0) is 99.4 Å². The van der Waals surface area contributed by atoms with E-state index in [1.165, 1.54) is 16.2 Å². The maximum Gasteiger partial charge on any atom is 0.411 e. The van der Waals surface area contributed by atoms with Crippen LogP contribution in [0, 0.1) is 11.8 Å². The number of aromatic nitrogens is 1. The fraction of sp³-hybridized carbons (Fsp3) is 0.469. The molecule has 2 aromatic heterocycles. The number of carbonyl (C=O) groups excluding carboxylic acids is 1. The topological polar surface area (TPSA) is 138 Å². The van der Waals surface area contributed by atoms with Gasteiger partial charge in [-0.15, -0.1) is 11.3 Å². The Morgan fingerprint density at radius 2 is 1.71 bits per heavy atom. The highest BCUT2D eigenvalue weighted by Gasteiger charge is 2.53. The zero-order chi connectivity index (χ0) is 33.9. The van der Waals surface area contributed by atoms with Crippen molar-refractivity contribution in [2.24, 2.45) is 11.8 Å². The number of aliphatic carboxylic acids is 1. The maximum absolute atomic E-state index is 13.6. The molecule has 45 heavy (non-hydrogen) atoms. The number of benzene rings is 1. The Morgan fingerprint density at radius 3 is 2.24 bits per heavy atom. The van der Waals surface area contributed by atoms with E-state index in [1.54, 1.807) is 85.0 Å². The van der Waals surface area contributed by atoms with E-state index < -0.39 is 39.3 Å². The van der Waals surface area contributed by atoms with Gasteiger partial charge in [0.05, 0.1) is 16.4 Å². The third-order valence-electron chi connectivity index (χ3n) is 6.71. The van der Waals surface area contributed by atoms with Gasteiger partial charge in [-0.3, -0.25) is 14.6 Å². The maximum atomic E-state index is 13.6. The first kappa shape index (κ1) is 36.3. The quantitative estimate of drug-likeness (QED) is 0.179. The first-order valence-electron chi connectivity index (χ1n) is 14.7. The fourth-order valence-corrected chi connectivity index (χ4v) is 7.40. The number of hydrogen-bond donors (Lipinski definition) is 3. The first-order valence-corrected chi connectivity index (χ1v) is 17.4. The van der Waals surface area contributed by atoms with E-state index in [0.29, 0.717) is 21.8 Å². The molecule has 246 valence electrons. The highest BCUT2D eigenvalue weighted by molar-refractivity contribution is 7.90. The average molecular weight is 679 g/mol. The lowest BCUT2D eigenvalue weighted by Gasteiger charge is -2.44. The van der Waals surface area contributed by atoms with Gasteiger partial charge in [0.2, 0.25) is 0 Å². The van der Waals surface area contributed by atoms with Gasteiger partial charge in [0.1, 0.15) is 5.60 Å². The number of nitrogens with one attached hydrogen (secondary N) is 2. The van der Waals surface area contributed by atoms with Gasteiger partial charge in [0.15, 0.2) is 5.54 Å². The second kappa shape index (κ2) is 14.1. The van der Waals surface area contributed by atoms with E-state index in [0.717, 1.165) is 10.4 Å². The van der Waals surface area contributed by atoms with Crippen LogP contribution in [-0.2, 0) is 25.3 Å². The summed E-state index contributed by atoms with van der Waals surface area (Å²) in [4.78, 5) is 33.5. The van der Waals surface area contributed by atoms with Crippen LogP contribution in [0.5, 0.6) is 0 Å². The number of ether oxygens (including phenoxy) is 1. The van der Waals surface area contributed by atoms with Crippen LogP contribution in [0.4, 0.5) is 10.5 Å². The van der Waals surface area contributed by atoms with Gasteiger partial charge in [-0.25, -0.2) is 9.59 Å². The molecule has 3 rings (SSSR count). The van der Waals surface area contributed by atoms with Gasteiger partial charge in [-0.2, -0.15) is 13.1 Å². The van der Waals surface area contributed by atoms with Gasteiger partial charge < -0.3 is 9.84 Å². The van der Waals surface area contributed by atoms with Gasteiger partial charge in [-0.1, -0.05) is 39.3 Å². The van der Waals surface area contributed by atoms with Crippen LogP contribution in [0.25, 0.3) is 21.6 Å². The minimum Gasteiger partial charge on any atom is -0.479 e. The highest BCUT2D eigenvalue weighted by atomic mass is 35.5. The summed E-state index contributed by atoms with van der Waals surface area (Å²) in [6.07, 6.45) is 0.821. The standard InChI is InChI=1S/C32H43ClN4O6S2/c1-19(2)17-37(30(40)43-31(7,8)9)32(20(3)4,29(38)39)28-15-22(12-13-34-28)23-14-27(44-18-23)25-11-10-24(16-26(25)33)36-45(41,42)35-21(5)6/h10-16,18-21,35-36H,17H2,1-9H3,(H,38,39)/t32-/m1/s1. The average Bonchev–Trinajstić information content (AvgIpc) is 3.36. The molecule has 0 bridgehead atoms. The van der Waals surface area contributed by atoms with E-state index in [4.69, 9.17) is 16.3 Å². The monoisotopic (exact) mass is 678 g/mol. The molecule has 3 N–H and O–H groups in total. The molecule has 0 spiro atoms. The number of halogens is 1. The summed E-state index contributed by atoms with van der Waals surface area (Å²) in [5.41, 5.74) is 0.118. The summed E-state index contributed by atoms with van der Waals surface area (Å²) in [6, 6.07) is 10.1. The number of carboxylic acids is 1. The Labute approximate surface area is 275 Å². The Balaban J connectivity index is 2.05. The first-order chi connectivity index (χ1) is 20.8. The molecular weight excluding hydrogens is 636 g/mol. The Kier molecular flexibility index (Phi) is 11.3. The molecule has 2 heterocycles. The molecule has 13 heteroatoms. The molecule has 0 fully saturated rings. The number of amides is 1. The lowest BCUT2D eigenvalue weighted by atomic mass is 9.80. The molecule has 0 saturated carbocycles. The number of rotatable bonds is 12. The molecule has 0 aliphatic rings. The van der Waals surface area contributed by atoms with Gasteiger partial charge in [0, 0.05) is 29.2 Å². The third kappa shape index (κ3) is 8.75. The number of carbonyl (C=O) groups is 2. The Hall–Kier alpha value is -3.19. The van der Waals surface area contributed by atoms with Crippen LogP contribution in [0.1, 0.15) is 68.0 Å². The molecule has 0 unspecified atom stereocenters. The second-order valence-electron chi connectivity index (χ2n) is 12.9. The molecular formula is C32H43ClN4O6S2. The SMILES string of the molecule is CC(C)CN(C(=O)OC(C)(C)C)[C@@](C(=O)O)(c1cc(-c2csc(-c3ccc(NS(=O)(=O)NC(C)C)cc3Cl)c2)ccn1)C(C)C. The van der Waals surface area contributed by atoms with Crippen molar-refractivity contribution in [3.63, 3.8) is 0 Å². The van der Waals surface area contributed by atoms with E-state index in [9.17, 15) is 23.1 Å². The van der Waals surface area contributed by atoms with Gasteiger partial charge in [0.25, 0.3) is 10.2 Å². The number of nitrogens with zero attached hydrogens (tertiary/aromatic N) is 2. The van der Waals surface area contributed by atoms with Crippen LogP contribution in [0.15, 0.2) is 48.0 Å². The molecule has 0 saturated heterocycles. The van der Waals surface area contributed by atoms with Crippen molar-refractivity contribution < 1.29 is 27.9 Å². The minimum absolute atomic E-state index is 0.0458. The summed E-state index contributed by atoms with van der Waals surface area (Å²) in [6.45, 7) is 16.2. The number of thiophene rings is 1. The van der Waals surface area contributed by atoms with E-state index in [1.807, 2.05) is 25.3 Å². The van der Waals surface area contributed by atoms with E-state index in [2.05, 4.69) is 14.4 Å². The lowest BCUT2D eigenvalue weighted by molar-refractivity contribution is -0.156. The van der Waals surface area contributed by atoms with Crippen LogP contribution in [0.3, 0.4) is 0 Å². The molecule has 10 nitrogen and oxygen atoms in total. The smallest absolute Gasteiger partial charge is 0.411 e. The minimum atomic E-state index is -3.75. The summed E-state index contributed by atoms with van der Waals surface area (Å²) in [7, 11) is -3.75. The summed E-state index contributed by atoms with van der Waals surface area (Å²) < 4.78 is 35.2. The highest BCUT2D eigenvalue weighted by Crippen LogP contribution is 2.41. The van der Waals surface area contributed by atoms with Crippen LogP contribution in [-0.4, -0.2) is 53.7 Å². The Morgan fingerprint density at radius 1 is 1.04 bits per heavy atom. The second-order valence-corrected chi connectivity index (χ2v) is 15.7. The summed E-state index contributed by atoms with van der Waals surface area (Å²) in [5.74, 6) is -1.81. The molecule has 0 radical (unpaired) electrons. The molecule has 0 aliphatic carbocycles. The molecule has 1 aromatic carbocycles. The zero-order valence-corrected chi connectivity index (χ0v) is 29.5. The number of hydrogen-bond acceptors (Lipinski definition) is 7. The lowest BCUT2D eigenvalue weighted by Crippen LogP contribution is -2.60. The van der Waals surface area contributed by atoms with E-state index in [-0.39, 0.29) is 24.2 Å². The summed E-state index contributed by atoms with van der Waals surface area (Å²) in [5, 5.41) is 13.1. The zero-order valence-electron chi connectivity index (χ0n) is 27.1. The Bertz CT molecular complexity index is 1630. The molecule has 3 aromatic rings. The van der Waals surface area contributed by atoms with Crippen molar-refractivity contribution in [1.29, 1.82) is 0 Å². The largest absolute Gasteiger partial charge is 0.479 e. The molecule has 1 atom stereocenters. The van der Waals surface area contributed by atoms with Crippen molar-refractivity contribution >= 4 is 50.9 Å². The fourth-order valence-electron chi connectivity index (χ4n) is 4.98. The van der Waals surface area contributed by atoms with Crippen molar-refractivity contribution in [2.75, 3.05) is 11.3 Å². The third-order valence-corrected chi connectivity index (χ3v) is 9.27. The normalized spacial score (nSPS) is 13.6.